The molecule has 0 unspecified atom stereocenters. The fourth-order valence-corrected chi connectivity index (χ4v) is 1.44. The molecule has 0 spiro atoms. The summed E-state index contributed by atoms with van der Waals surface area (Å²) in [5, 5.41) is 28.7. The Morgan fingerprint density at radius 1 is 1.41 bits per heavy atom. The molecule has 0 saturated heterocycles. The fourth-order valence-electron chi connectivity index (χ4n) is 1.44. The number of rotatable bonds is 2. The largest absolute Gasteiger partial charge is 0.870 e. The van der Waals surface area contributed by atoms with Crippen LogP contribution < -0.4 is 20.7 Å². The van der Waals surface area contributed by atoms with E-state index >= 15 is 0 Å². The van der Waals surface area contributed by atoms with E-state index in [0.717, 1.165) is 0 Å². The Morgan fingerprint density at radius 2 is 2.12 bits per heavy atom. The Bertz CT molecular complexity index is 618. The molecular weight excluding hydrogens is 230 g/mol. The summed E-state index contributed by atoms with van der Waals surface area (Å²) in [6.07, 6.45) is 0. The molecule has 1 heterocycles. The van der Waals surface area contributed by atoms with Gasteiger partial charge in [0.15, 0.2) is 5.69 Å². The molecule has 0 amide bonds. The summed E-state index contributed by atoms with van der Waals surface area (Å²) in [5.74, 6) is -0.415. The van der Waals surface area contributed by atoms with Gasteiger partial charge in [-0.25, -0.2) is 4.79 Å². The van der Waals surface area contributed by atoms with Gasteiger partial charge in [0.2, 0.25) is 0 Å². The first-order valence-electron chi connectivity index (χ1n) is 4.54. The van der Waals surface area contributed by atoms with Gasteiger partial charge in [-0.1, -0.05) is 5.75 Å². The van der Waals surface area contributed by atoms with Crippen molar-refractivity contribution in [3.05, 3.63) is 28.6 Å². The summed E-state index contributed by atoms with van der Waals surface area (Å²) in [7, 11) is 1.43. The summed E-state index contributed by atoms with van der Waals surface area (Å²) in [4.78, 5) is 11.3. The van der Waals surface area contributed by atoms with Gasteiger partial charge in [0.1, 0.15) is 11.3 Å². The lowest BCUT2D eigenvalue weighted by atomic mass is 10.2. The van der Waals surface area contributed by atoms with Crippen molar-refractivity contribution < 1.29 is 24.7 Å². The number of anilines is 1. The fraction of sp³-hybridized carbons (Fsp3) is 0.100. The number of benzene rings is 1. The van der Waals surface area contributed by atoms with Crippen molar-refractivity contribution in [3.8, 4) is 11.5 Å². The average molecular weight is 238 g/mol. The highest BCUT2D eigenvalue weighted by molar-refractivity contribution is 5.88. The van der Waals surface area contributed by atoms with Crippen LogP contribution in [0.5, 0.6) is 11.5 Å². The molecule has 0 aliphatic carbocycles. The lowest BCUT2D eigenvalue weighted by molar-refractivity contribution is -0.266. The molecule has 2 rings (SSSR count). The van der Waals surface area contributed by atoms with Gasteiger partial charge in [-0.05, 0) is 12.1 Å². The van der Waals surface area contributed by atoms with Crippen LogP contribution >= 0.6 is 0 Å². The minimum atomic E-state index is -1.14. The Labute approximate surface area is 94.6 Å². The first-order valence-corrected chi connectivity index (χ1v) is 4.54. The highest BCUT2D eigenvalue weighted by Gasteiger charge is 2.12. The number of hydrogen-bond donors (Lipinski definition) is 2. The van der Waals surface area contributed by atoms with E-state index in [0.29, 0.717) is 5.75 Å². The third-order valence-electron chi connectivity index (χ3n) is 2.24. The van der Waals surface area contributed by atoms with E-state index in [2.05, 4.69) is 0 Å². The SMILES string of the molecule is COc1ccc2c([O-])c(N(O)O)c(=O)oc2c1. The molecule has 1 aromatic carbocycles. The zero-order valence-corrected chi connectivity index (χ0v) is 8.71. The molecule has 0 bridgehead atoms. The molecule has 0 fully saturated rings. The van der Waals surface area contributed by atoms with Crippen molar-refractivity contribution in [2.75, 3.05) is 12.3 Å². The van der Waals surface area contributed by atoms with Crippen LogP contribution in [0.4, 0.5) is 5.69 Å². The standard InChI is InChI=1S/C10H9NO6/c1-16-5-2-3-6-7(4-5)17-10(13)8(9(6)12)11(14)15/h2-4,12,14-15H,1H3/p-1. The van der Waals surface area contributed by atoms with Crippen LogP contribution in [0.1, 0.15) is 0 Å². The Hall–Kier alpha value is -2.25. The maximum absolute atomic E-state index is 11.7. The average Bonchev–Trinajstić information content (AvgIpc) is 2.27. The van der Waals surface area contributed by atoms with E-state index in [1.165, 1.54) is 25.3 Å². The monoisotopic (exact) mass is 238 g/mol. The molecule has 90 valence electrons. The predicted octanol–water partition coefficient (Wildman–Crippen LogP) is 0.460. The molecule has 1 aromatic heterocycles. The van der Waals surface area contributed by atoms with E-state index in [1.54, 1.807) is 0 Å². The van der Waals surface area contributed by atoms with Gasteiger partial charge in [-0.3, -0.25) is 10.4 Å². The number of ether oxygens (including phenoxy) is 1. The number of fused-ring (bicyclic) bond motifs is 1. The van der Waals surface area contributed by atoms with Crippen LogP contribution in [0, 0.1) is 0 Å². The molecule has 7 nitrogen and oxygen atoms in total. The van der Waals surface area contributed by atoms with Crippen LogP contribution in [0.15, 0.2) is 27.4 Å². The molecule has 0 aliphatic heterocycles. The predicted molar refractivity (Wildman–Crippen MR) is 54.5 cm³/mol. The highest BCUT2D eigenvalue weighted by Crippen LogP contribution is 2.30. The van der Waals surface area contributed by atoms with E-state index in [4.69, 9.17) is 19.6 Å². The molecular formula is C10H8NO6-. The Kier molecular flexibility index (Phi) is 2.62. The Balaban J connectivity index is 2.81. The van der Waals surface area contributed by atoms with Gasteiger partial charge in [0, 0.05) is 11.5 Å². The molecule has 0 saturated carbocycles. The maximum Gasteiger partial charge on any atom is 0.364 e. The lowest BCUT2D eigenvalue weighted by Gasteiger charge is -2.17. The van der Waals surface area contributed by atoms with Gasteiger partial charge in [0.05, 0.1) is 7.11 Å². The third kappa shape index (κ3) is 1.77. The van der Waals surface area contributed by atoms with Crippen molar-refractivity contribution in [2.24, 2.45) is 0 Å². The van der Waals surface area contributed by atoms with Crippen LogP contribution in [-0.2, 0) is 0 Å². The zero-order chi connectivity index (χ0) is 12.6. The first-order chi connectivity index (χ1) is 8.04. The molecule has 2 N–H and O–H groups in total. The quantitative estimate of drug-likeness (QED) is 0.578. The summed E-state index contributed by atoms with van der Waals surface area (Å²) >= 11 is 0. The van der Waals surface area contributed by atoms with Crippen molar-refractivity contribution in [1.29, 1.82) is 0 Å². The maximum atomic E-state index is 11.7. The van der Waals surface area contributed by atoms with Crippen LogP contribution in [0.25, 0.3) is 11.0 Å². The van der Waals surface area contributed by atoms with Gasteiger partial charge in [-0.15, -0.1) is 5.23 Å². The van der Waals surface area contributed by atoms with Gasteiger partial charge < -0.3 is 14.3 Å². The molecule has 0 aliphatic rings. The molecule has 2 aromatic rings. The van der Waals surface area contributed by atoms with Crippen molar-refractivity contribution in [3.63, 3.8) is 0 Å². The zero-order valence-electron chi connectivity index (χ0n) is 8.71. The van der Waals surface area contributed by atoms with Crippen LogP contribution in [0.3, 0.4) is 0 Å². The van der Waals surface area contributed by atoms with E-state index in [1.807, 2.05) is 0 Å². The Morgan fingerprint density at radius 3 is 2.71 bits per heavy atom. The summed E-state index contributed by atoms with van der Waals surface area (Å²) < 4.78 is 9.69. The smallest absolute Gasteiger partial charge is 0.364 e. The van der Waals surface area contributed by atoms with Gasteiger partial charge >= 0.3 is 5.63 Å². The molecule has 0 radical (unpaired) electrons. The summed E-state index contributed by atoms with van der Waals surface area (Å²) in [6, 6.07) is 4.22. The molecule has 0 atom stereocenters. The van der Waals surface area contributed by atoms with Crippen molar-refractivity contribution >= 4 is 16.7 Å². The van der Waals surface area contributed by atoms with E-state index in [9.17, 15) is 9.90 Å². The molecule has 17 heavy (non-hydrogen) atoms. The summed E-state index contributed by atoms with van der Waals surface area (Å²) in [5.41, 5.74) is -1.98. The number of hydrogen-bond acceptors (Lipinski definition) is 7. The van der Waals surface area contributed by atoms with Gasteiger partial charge in [0.25, 0.3) is 0 Å². The lowest BCUT2D eigenvalue weighted by Crippen LogP contribution is -2.21. The first kappa shape index (κ1) is 11.2. The van der Waals surface area contributed by atoms with E-state index < -0.39 is 22.3 Å². The second-order valence-electron chi connectivity index (χ2n) is 3.22. The second kappa shape index (κ2) is 3.96. The minimum absolute atomic E-state index is 0.0185. The minimum Gasteiger partial charge on any atom is -0.870 e. The topological polar surface area (TPSA) is 106 Å². The van der Waals surface area contributed by atoms with E-state index in [-0.39, 0.29) is 11.0 Å². The normalized spacial score (nSPS) is 10.5. The summed E-state index contributed by atoms with van der Waals surface area (Å²) in [6.45, 7) is 0. The van der Waals surface area contributed by atoms with Crippen LogP contribution in [0.2, 0.25) is 0 Å². The third-order valence-corrected chi connectivity index (χ3v) is 2.24. The number of methoxy groups -OCH3 is 1. The van der Waals surface area contributed by atoms with Crippen molar-refractivity contribution in [1.82, 2.24) is 0 Å². The van der Waals surface area contributed by atoms with Gasteiger partial charge in [-0.2, -0.15) is 0 Å². The highest BCUT2D eigenvalue weighted by atomic mass is 16.8. The molecule has 7 heteroatoms. The second-order valence-corrected chi connectivity index (χ2v) is 3.22. The van der Waals surface area contributed by atoms with Crippen molar-refractivity contribution in [2.45, 2.75) is 0 Å². The van der Waals surface area contributed by atoms with Crippen LogP contribution in [-0.4, -0.2) is 17.5 Å². The number of nitrogens with zero attached hydrogens (tertiary/aromatic N) is 1.